The van der Waals surface area contributed by atoms with E-state index in [9.17, 15) is 24.0 Å². The highest BCUT2D eigenvalue weighted by molar-refractivity contribution is 5.75. The van der Waals surface area contributed by atoms with E-state index in [0.717, 1.165) is 0 Å². The van der Waals surface area contributed by atoms with Gasteiger partial charge < -0.3 is 42.7 Å². The van der Waals surface area contributed by atoms with Crippen molar-refractivity contribution in [2.24, 2.45) is 23.1 Å². The number of carboxylic acids is 5. The van der Waals surface area contributed by atoms with Gasteiger partial charge in [0.1, 0.15) is 18.1 Å². The Bertz CT molecular complexity index is 505. The van der Waals surface area contributed by atoms with Crippen LogP contribution in [-0.4, -0.2) is 73.5 Å². The molecule has 0 aromatic carbocycles. The zero-order valence-corrected chi connectivity index (χ0v) is 16.4. The summed E-state index contributed by atoms with van der Waals surface area (Å²) < 4.78 is 0. The van der Waals surface area contributed by atoms with Crippen molar-refractivity contribution in [3.63, 3.8) is 0 Å². The summed E-state index contributed by atoms with van der Waals surface area (Å²) in [5.41, 5.74) is 15.2. The first-order valence-electron chi connectivity index (χ1n) is 8.50. The molecule has 0 spiro atoms. The minimum atomic E-state index is -1.17. The van der Waals surface area contributed by atoms with Crippen LogP contribution in [-0.2, 0) is 24.0 Å². The fourth-order valence-corrected chi connectivity index (χ4v) is 1.41. The molecule has 11 N–H and O–H groups in total. The van der Waals surface area contributed by atoms with E-state index in [1.54, 1.807) is 0 Å². The highest BCUT2D eigenvalue weighted by Gasteiger charge is 2.13. The lowest BCUT2D eigenvalue weighted by atomic mass is 10.1. The fraction of sp³-hybridized carbons (Fsp3) is 0.688. The molecule has 0 fully saturated rings. The summed E-state index contributed by atoms with van der Waals surface area (Å²) in [5, 5.41) is 40.9. The van der Waals surface area contributed by atoms with Crippen LogP contribution in [0.1, 0.15) is 46.0 Å². The summed E-state index contributed by atoms with van der Waals surface area (Å²) in [4.78, 5) is 49.9. The maximum Gasteiger partial charge on any atom is 0.320 e. The second kappa shape index (κ2) is 17.3. The molecule has 0 heterocycles. The molecule has 0 amide bonds. The average Bonchev–Trinajstić information content (AvgIpc) is 2.57. The second-order valence-corrected chi connectivity index (χ2v) is 6.33. The number of carbonyl (C=O) groups is 5. The molecule has 0 saturated carbocycles. The number of hydrogen-bond acceptors (Lipinski definition) is 8. The predicted molar refractivity (Wildman–Crippen MR) is 100 cm³/mol. The molecule has 0 aliphatic carbocycles. The summed E-state index contributed by atoms with van der Waals surface area (Å²) >= 11 is 0. The van der Waals surface area contributed by atoms with Crippen molar-refractivity contribution in [3.8, 4) is 0 Å². The summed E-state index contributed by atoms with van der Waals surface area (Å²) in [6.45, 7) is 3.89. The SMILES string of the molecule is CC(C)C[C@H](N)C(=O)O.N[C@@H](CCC(=O)O)C(=O)O.N[C@@H](CCC(=O)O)C(=O)O. The minimum absolute atomic E-state index is 0.0231. The van der Waals surface area contributed by atoms with Gasteiger partial charge in [0.15, 0.2) is 0 Å². The second-order valence-electron chi connectivity index (χ2n) is 6.33. The van der Waals surface area contributed by atoms with Gasteiger partial charge in [0.2, 0.25) is 0 Å². The monoisotopic (exact) mass is 425 g/mol. The van der Waals surface area contributed by atoms with E-state index in [2.05, 4.69) is 0 Å². The molecule has 0 aromatic heterocycles. The standard InChI is InChI=1S/C6H13NO2.2C5H9NO4/c1-4(2)3-5(7)6(8)9;2*6-3(5(9)10)1-2-4(7)8/h4-5H,3,7H2,1-2H3,(H,8,9);2*3H,1-2,6H2,(H,7,8)(H,9,10)/t5-;2*3-/m000/s1. The molecule has 0 aliphatic rings. The summed E-state index contributed by atoms with van der Waals surface area (Å²) in [7, 11) is 0. The minimum Gasteiger partial charge on any atom is -0.481 e. The van der Waals surface area contributed by atoms with E-state index in [1.165, 1.54) is 0 Å². The highest BCUT2D eigenvalue weighted by Crippen LogP contribution is 2.01. The van der Waals surface area contributed by atoms with Crippen molar-refractivity contribution in [1.82, 2.24) is 0 Å². The van der Waals surface area contributed by atoms with Crippen LogP contribution in [0.25, 0.3) is 0 Å². The number of rotatable bonds is 11. The Morgan fingerprint density at radius 3 is 1.03 bits per heavy atom. The predicted octanol–water partition coefficient (Wildman–Crippen LogP) is -1.03. The molecule has 13 nitrogen and oxygen atoms in total. The van der Waals surface area contributed by atoms with Gasteiger partial charge in [-0.05, 0) is 25.2 Å². The van der Waals surface area contributed by atoms with E-state index >= 15 is 0 Å². The summed E-state index contributed by atoms with van der Waals surface area (Å²) in [5.74, 6) is -4.95. The molecule has 0 unspecified atom stereocenters. The van der Waals surface area contributed by atoms with Crippen molar-refractivity contribution in [2.45, 2.75) is 64.1 Å². The first-order chi connectivity index (χ1) is 13.1. The lowest BCUT2D eigenvalue weighted by molar-refractivity contribution is -0.141. The maximum absolute atomic E-state index is 10.1. The number of hydrogen-bond donors (Lipinski definition) is 8. The lowest BCUT2D eigenvalue weighted by Gasteiger charge is -2.07. The van der Waals surface area contributed by atoms with E-state index < -0.39 is 48.0 Å². The van der Waals surface area contributed by atoms with Gasteiger partial charge in [-0.3, -0.25) is 24.0 Å². The van der Waals surface area contributed by atoms with Crippen LogP contribution < -0.4 is 17.2 Å². The van der Waals surface area contributed by atoms with Gasteiger partial charge in [-0.2, -0.15) is 0 Å². The van der Waals surface area contributed by atoms with Gasteiger partial charge in [0, 0.05) is 12.8 Å². The molecule has 0 radical (unpaired) electrons. The Kier molecular flexibility index (Phi) is 18.5. The fourth-order valence-electron chi connectivity index (χ4n) is 1.41. The van der Waals surface area contributed by atoms with Gasteiger partial charge in [0.05, 0.1) is 0 Å². The van der Waals surface area contributed by atoms with E-state index in [0.29, 0.717) is 12.3 Å². The van der Waals surface area contributed by atoms with E-state index in [4.69, 9.17) is 42.7 Å². The van der Waals surface area contributed by atoms with Crippen LogP contribution in [0.5, 0.6) is 0 Å². The largest absolute Gasteiger partial charge is 0.481 e. The lowest BCUT2D eigenvalue weighted by Crippen LogP contribution is -2.31. The Labute approximate surface area is 167 Å². The molecule has 0 saturated heterocycles. The van der Waals surface area contributed by atoms with Crippen molar-refractivity contribution in [2.75, 3.05) is 0 Å². The zero-order valence-electron chi connectivity index (χ0n) is 16.4. The normalized spacial score (nSPS) is 12.9. The summed E-state index contributed by atoms with van der Waals surface area (Å²) in [6.07, 6.45) is 0.103. The van der Waals surface area contributed by atoms with Gasteiger partial charge in [-0.15, -0.1) is 0 Å². The molecule has 29 heavy (non-hydrogen) atoms. The third-order valence-electron chi connectivity index (χ3n) is 3.02. The van der Waals surface area contributed by atoms with Gasteiger partial charge in [-0.25, -0.2) is 0 Å². The van der Waals surface area contributed by atoms with Crippen LogP contribution in [0.15, 0.2) is 0 Å². The van der Waals surface area contributed by atoms with Crippen LogP contribution in [0.3, 0.4) is 0 Å². The third-order valence-corrected chi connectivity index (χ3v) is 3.02. The average molecular weight is 425 g/mol. The molecule has 170 valence electrons. The Morgan fingerprint density at radius 2 is 0.897 bits per heavy atom. The van der Waals surface area contributed by atoms with Gasteiger partial charge in [-0.1, -0.05) is 13.8 Å². The zero-order chi connectivity index (χ0) is 23.7. The van der Waals surface area contributed by atoms with Gasteiger partial charge >= 0.3 is 29.8 Å². The van der Waals surface area contributed by atoms with Crippen LogP contribution in [0, 0.1) is 5.92 Å². The molecule has 0 rings (SSSR count). The quantitative estimate of drug-likeness (QED) is 0.197. The van der Waals surface area contributed by atoms with Crippen LogP contribution in [0.4, 0.5) is 0 Å². The Hall–Kier alpha value is -2.77. The van der Waals surface area contributed by atoms with Gasteiger partial charge in [0.25, 0.3) is 0 Å². The molecule has 3 atom stereocenters. The number of aliphatic carboxylic acids is 5. The van der Waals surface area contributed by atoms with Crippen molar-refractivity contribution in [1.29, 1.82) is 0 Å². The first kappa shape index (κ1) is 30.9. The molecular formula is C16H31N3O10. The van der Waals surface area contributed by atoms with Crippen molar-refractivity contribution in [3.05, 3.63) is 0 Å². The molecule has 0 aromatic rings. The smallest absolute Gasteiger partial charge is 0.320 e. The van der Waals surface area contributed by atoms with E-state index in [-0.39, 0.29) is 25.7 Å². The van der Waals surface area contributed by atoms with Crippen molar-refractivity contribution < 1.29 is 49.5 Å². The van der Waals surface area contributed by atoms with Crippen LogP contribution in [0.2, 0.25) is 0 Å². The molecular weight excluding hydrogens is 394 g/mol. The first-order valence-corrected chi connectivity index (χ1v) is 8.50. The summed E-state index contributed by atoms with van der Waals surface area (Å²) in [6, 6.07) is -2.81. The molecule has 0 aliphatic heterocycles. The van der Waals surface area contributed by atoms with Crippen molar-refractivity contribution >= 4 is 29.8 Å². The number of nitrogens with two attached hydrogens (primary N) is 3. The topological polar surface area (TPSA) is 265 Å². The maximum atomic E-state index is 10.1. The molecule has 13 heteroatoms. The number of carboxylic acid groups (broad SMARTS) is 5. The third kappa shape index (κ3) is 25.2. The molecule has 0 bridgehead atoms. The van der Waals surface area contributed by atoms with E-state index in [1.807, 2.05) is 13.8 Å². The Morgan fingerprint density at radius 1 is 0.621 bits per heavy atom. The highest BCUT2D eigenvalue weighted by atomic mass is 16.4. The van der Waals surface area contributed by atoms with Crippen LogP contribution >= 0.6 is 0 Å². The Balaban J connectivity index is -0.000000350.